The first-order valence-corrected chi connectivity index (χ1v) is 6.17. The Morgan fingerprint density at radius 2 is 2.00 bits per heavy atom. The molecule has 1 rings (SSSR count). The number of hydrogen-bond acceptors (Lipinski definition) is 3. The molecule has 0 amide bonds. The van der Waals surface area contributed by atoms with E-state index in [4.69, 9.17) is 0 Å². The molecular weight excluding hydrogens is 198 g/mol. The molecule has 0 saturated carbocycles. The summed E-state index contributed by atoms with van der Waals surface area (Å²) in [6.45, 7) is 3.58. The first-order valence-electron chi connectivity index (χ1n) is 4.52. The molecule has 0 radical (unpaired) electrons. The number of sulfone groups is 1. The van der Waals surface area contributed by atoms with Crippen LogP contribution in [-0.2, 0) is 9.84 Å². The molecule has 1 aromatic carbocycles. The molecule has 78 valence electrons. The van der Waals surface area contributed by atoms with Crippen molar-refractivity contribution in [3.05, 3.63) is 23.8 Å². The Morgan fingerprint density at radius 3 is 2.50 bits per heavy atom. The van der Waals surface area contributed by atoms with Crippen LogP contribution in [0.15, 0.2) is 23.1 Å². The van der Waals surface area contributed by atoms with Crippen LogP contribution in [0.4, 0.5) is 5.69 Å². The SMILES string of the molecule is CCS(=O)(=O)c1ccc(C)cc1NC. The molecule has 0 heterocycles. The van der Waals surface area contributed by atoms with E-state index in [1.807, 2.05) is 19.1 Å². The Kier molecular flexibility index (Phi) is 3.16. The fraction of sp³-hybridized carbons (Fsp3) is 0.400. The number of nitrogens with one attached hydrogen (secondary N) is 1. The zero-order valence-electron chi connectivity index (χ0n) is 8.66. The van der Waals surface area contributed by atoms with E-state index in [-0.39, 0.29) is 5.75 Å². The molecule has 0 aromatic heterocycles. The quantitative estimate of drug-likeness (QED) is 0.833. The van der Waals surface area contributed by atoms with Crippen LogP contribution in [0.5, 0.6) is 0 Å². The lowest BCUT2D eigenvalue weighted by atomic mass is 10.2. The van der Waals surface area contributed by atoms with Crippen molar-refractivity contribution in [3.8, 4) is 0 Å². The van der Waals surface area contributed by atoms with Gasteiger partial charge in [-0.2, -0.15) is 0 Å². The molecule has 0 atom stereocenters. The number of anilines is 1. The van der Waals surface area contributed by atoms with Crippen LogP contribution in [0.2, 0.25) is 0 Å². The van der Waals surface area contributed by atoms with Gasteiger partial charge in [0.15, 0.2) is 9.84 Å². The highest BCUT2D eigenvalue weighted by Gasteiger charge is 2.15. The van der Waals surface area contributed by atoms with E-state index in [9.17, 15) is 8.42 Å². The van der Waals surface area contributed by atoms with Crippen LogP contribution in [-0.4, -0.2) is 21.2 Å². The van der Waals surface area contributed by atoms with Gasteiger partial charge in [-0.1, -0.05) is 13.0 Å². The van der Waals surface area contributed by atoms with Gasteiger partial charge < -0.3 is 5.32 Å². The molecule has 0 aliphatic carbocycles. The predicted molar refractivity (Wildman–Crippen MR) is 58.5 cm³/mol. The van der Waals surface area contributed by atoms with Gasteiger partial charge in [0.25, 0.3) is 0 Å². The maximum absolute atomic E-state index is 11.7. The predicted octanol–water partition coefficient (Wildman–Crippen LogP) is 1.83. The molecule has 0 aliphatic heterocycles. The van der Waals surface area contributed by atoms with Crippen LogP contribution in [0.25, 0.3) is 0 Å². The summed E-state index contributed by atoms with van der Waals surface area (Å²) in [6.07, 6.45) is 0. The van der Waals surface area contributed by atoms with Crippen LogP contribution >= 0.6 is 0 Å². The monoisotopic (exact) mass is 213 g/mol. The van der Waals surface area contributed by atoms with Gasteiger partial charge in [0.2, 0.25) is 0 Å². The molecule has 0 spiro atoms. The van der Waals surface area contributed by atoms with E-state index in [0.29, 0.717) is 10.6 Å². The third-order valence-electron chi connectivity index (χ3n) is 2.12. The van der Waals surface area contributed by atoms with Gasteiger partial charge in [0.05, 0.1) is 16.3 Å². The second kappa shape index (κ2) is 4.00. The van der Waals surface area contributed by atoms with E-state index in [2.05, 4.69) is 5.32 Å². The average molecular weight is 213 g/mol. The fourth-order valence-electron chi connectivity index (χ4n) is 1.27. The van der Waals surface area contributed by atoms with E-state index >= 15 is 0 Å². The zero-order valence-corrected chi connectivity index (χ0v) is 9.48. The van der Waals surface area contributed by atoms with Crippen LogP contribution in [0.1, 0.15) is 12.5 Å². The summed E-state index contributed by atoms with van der Waals surface area (Å²) in [5, 5.41) is 2.90. The lowest BCUT2D eigenvalue weighted by molar-refractivity contribution is 0.597. The number of rotatable bonds is 3. The Morgan fingerprint density at radius 1 is 1.36 bits per heavy atom. The van der Waals surface area contributed by atoms with Gasteiger partial charge in [-0.25, -0.2) is 8.42 Å². The van der Waals surface area contributed by atoms with Gasteiger partial charge in [-0.05, 0) is 24.6 Å². The average Bonchev–Trinajstić information content (AvgIpc) is 2.17. The third kappa shape index (κ3) is 2.07. The minimum absolute atomic E-state index is 0.130. The largest absolute Gasteiger partial charge is 0.387 e. The smallest absolute Gasteiger partial charge is 0.180 e. The minimum Gasteiger partial charge on any atom is -0.387 e. The van der Waals surface area contributed by atoms with Gasteiger partial charge >= 0.3 is 0 Å². The highest BCUT2D eigenvalue weighted by Crippen LogP contribution is 2.22. The van der Waals surface area contributed by atoms with Gasteiger partial charge in [0.1, 0.15) is 0 Å². The van der Waals surface area contributed by atoms with Crippen molar-refractivity contribution in [2.45, 2.75) is 18.7 Å². The third-order valence-corrected chi connectivity index (χ3v) is 3.91. The van der Waals surface area contributed by atoms with Crippen LogP contribution < -0.4 is 5.32 Å². The molecule has 14 heavy (non-hydrogen) atoms. The Labute approximate surface area is 85.1 Å². The first-order chi connectivity index (χ1) is 6.51. The van der Waals surface area contributed by atoms with E-state index in [1.165, 1.54) is 0 Å². The number of benzene rings is 1. The topological polar surface area (TPSA) is 46.2 Å². The molecule has 0 aliphatic rings. The van der Waals surface area contributed by atoms with Crippen LogP contribution in [0, 0.1) is 6.92 Å². The number of aryl methyl sites for hydroxylation is 1. The van der Waals surface area contributed by atoms with Crippen molar-refractivity contribution in [3.63, 3.8) is 0 Å². The summed E-state index contributed by atoms with van der Waals surface area (Å²) in [7, 11) is -1.39. The molecule has 0 bridgehead atoms. The highest BCUT2D eigenvalue weighted by atomic mass is 32.2. The van der Waals surface area contributed by atoms with Crippen molar-refractivity contribution in [1.29, 1.82) is 0 Å². The van der Waals surface area contributed by atoms with Crippen molar-refractivity contribution in [1.82, 2.24) is 0 Å². The lowest BCUT2D eigenvalue weighted by Crippen LogP contribution is -2.07. The lowest BCUT2D eigenvalue weighted by Gasteiger charge is -2.09. The second-order valence-electron chi connectivity index (χ2n) is 3.15. The van der Waals surface area contributed by atoms with Crippen molar-refractivity contribution >= 4 is 15.5 Å². The zero-order chi connectivity index (χ0) is 10.8. The van der Waals surface area contributed by atoms with E-state index < -0.39 is 9.84 Å². The first kappa shape index (κ1) is 11.0. The van der Waals surface area contributed by atoms with Crippen molar-refractivity contribution < 1.29 is 8.42 Å². The van der Waals surface area contributed by atoms with Crippen LogP contribution in [0.3, 0.4) is 0 Å². The molecule has 0 saturated heterocycles. The van der Waals surface area contributed by atoms with E-state index in [1.54, 1.807) is 20.0 Å². The number of hydrogen-bond donors (Lipinski definition) is 1. The Hall–Kier alpha value is -1.03. The summed E-state index contributed by atoms with van der Waals surface area (Å²) in [6, 6.07) is 5.30. The fourth-order valence-corrected chi connectivity index (χ4v) is 2.35. The molecule has 1 N–H and O–H groups in total. The summed E-state index contributed by atoms with van der Waals surface area (Å²) < 4.78 is 23.3. The molecule has 1 aromatic rings. The summed E-state index contributed by atoms with van der Waals surface area (Å²) >= 11 is 0. The normalized spacial score (nSPS) is 11.4. The van der Waals surface area contributed by atoms with Crippen molar-refractivity contribution in [2.24, 2.45) is 0 Å². The molecule has 3 nitrogen and oxygen atoms in total. The maximum atomic E-state index is 11.7. The summed E-state index contributed by atoms with van der Waals surface area (Å²) in [4.78, 5) is 0.383. The Bertz CT molecular complexity index is 424. The molecule has 0 fully saturated rings. The van der Waals surface area contributed by atoms with Crippen molar-refractivity contribution in [2.75, 3.05) is 18.1 Å². The molecule has 0 unspecified atom stereocenters. The Balaban J connectivity index is 3.35. The van der Waals surface area contributed by atoms with E-state index in [0.717, 1.165) is 5.56 Å². The van der Waals surface area contributed by atoms with Gasteiger partial charge in [0, 0.05) is 7.05 Å². The summed E-state index contributed by atoms with van der Waals surface area (Å²) in [5.41, 5.74) is 1.72. The maximum Gasteiger partial charge on any atom is 0.180 e. The van der Waals surface area contributed by atoms with Gasteiger partial charge in [-0.15, -0.1) is 0 Å². The minimum atomic E-state index is -3.12. The molecule has 4 heteroatoms. The molecular formula is C10H15NO2S. The summed E-state index contributed by atoms with van der Waals surface area (Å²) in [5.74, 6) is 0.130. The second-order valence-corrected chi connectivity index (χ2v) is 5.40. The van der Waals surface area contributed by atoms with Gasteiger partial charge in [-0.3, -0.25) is 0 Å². The standard InChI is InChI=1S/C10H15NO2S/c1-4-14(12,13)10-6-5-8(2)7-9(10)11-3/h5-7,11H,4H2,1-3H3. The highest BCUT2D eigenvalue weighted by molar-refractivity contribution is 7.91.